The number of methoxy groups -OCH3 is 1. The van der Waals surface area contributed by atoms with Gasteiger partial charge in [0.05, 0.1) is 7.11 Å². The first kappa shape index (κ1) is 14.9. The molecule has 1 aromatic heterocycles. The molecule has 0 atom stereocenters. The fraction of sp³-hybridized carbons (Fsp3) is 0.643. The maximum atomic E-state index is 5.59. The number of rotatable bonds is 8. The summed E-state index contributed by atoms with van der Waals surface area (Å²) in [5, 5.41) is 0. The molecule has 4 nitrogen and oxygen atoms in total. The van der Waals surface area contributed by atoms with E-state index < -0.39 is 0 Å². The fourth-order valence-electron chi connectivity index (χ4n) is 2.04. The van der Waals surface area contributed by atoms with E-state index in [2.05, 4.69) is 29.8 Å². The largest absolute Gasteiger partial charge is 0.481 e. The molecule has 0 aromatic carbocycles. The lowest BCUT2D eigenvalue weighted by Gasteiger charge is -2.24. The molecule has 102 valence electrons. The highest BCUT2D eigenvalue weighted by molar-refractivity contribution is 5.25. The number of nitrogens with two attached hydrogens (primary N) is 1. The normalized spacial score (nSPS) is 11.2. The molecule has 18 heavy (non-hydrogen) atoms. The summed E-state index contributed by atoms with van der Waals surface area (Å²) in [5.74, 6) is 1.37. The second-order valence-corrected chi connectivity index (χ2v) is 4.94. The second-order valence-electron chi connectivity index (χ2n) is 4.94. The molecule has 0 aliphatic heterocycles. The van der Waals surface area contributed by atoms with Crippen molar-refractivity contribution in [2.75, 3.05) is 26.7 Å². The molecular formula is C14H25N3O. The molecule has 0 aliphatic carbocycles. The van der Waals surface area contributed by atoms with Gasteiger partial charge in [0.15, 0.2) is 0 Å². The molecule has 0 aliphatic rings. The van der Waals surface area contributed by atoms with Crippen LogP contribution in [0.4, 0.5) is 0 Å². The number of aromatic nitrogens is 1. The van der Waals surface area contributed by atoms with Gasteiger partial charge in [0.1, 0.15) is 0 Å². The molecule has 4 heteroatoms. The van der Waals surface area contributed by atoms with Gasteiger partial charge in [-0.3, -0.25) is 4.90 Å². The van der Waals surface area contributed by atoms with Crippen LogP contribution in [0, 0.1) is 5.92 Å². The van der Waals surface area contributed by atoms with Crippen LogP contribution in [-0.2, 0) is 6.54 Å². The van der Waals surface area contributed by atoms with Gasteiger partial charge in [-0.05, 0) is 31.5 Å². The van der Waals surface area contributed by atoms with Crippen LogP contribution >= 0.6 is 0 Å². The van der Waals surface area contributed by atoms with E-state index >= 15 is 0 Å². The van der Waals surface area contributed by atoms with Gasteiger partial charge in [0.2, 0.25) is 5.88 Å². The molecule has 0 bridgehead atoms. The molecule has 1 rings (SSSR count). The van der Waals surface area contributed by atoms with Crippen LogP contribution in [0.2, 0.25) is 0 Å². The minimum atomic E-state index is 0.644. The van der Waals surface area contributed by atoms with E-state index in [1.54, 1.807) is 13.3 Å². The van der Waals surface area contributed by atoms with Gasteiger partial charge in [0, 0.05) is 24.8 Å². The van der Waals surface area contributed by atoms with Crippen molar-refractivity contribution in [1.29, 1.82) is 0 Å². The van der Waals surface area contributed by atoms with E-state index in [-0.39, 0.29) is 0 Å². The van der Waals surface area contributed by atoms with Gasteiger partial charge >= 0.3 is 0 Å². The maximum Gasteiger partial charge on any atom is 0.217 e. The topological polar surface area (TPSA) is 51.4 Å². The van der Waals surface area contributed by atoms with Crippen molar-refractivity contribution in [3.8, 4) is 5.88 Å². The van der Waals surface area contributed by atoms with Crippen LogP contribution in [0.5, 0.6) is 5.88 Å². The maximum absolute atomic E-state index is 5.59. The number of nitrogens with zero attached hydrogens (tertiary/aromatic N) is 2. The monoisotopic (exact) mass is 251 g/mol. The van der Waals surface area contributed by atoms with Crippen molar-refractivity contribution >= 4 is 0 Å². The van der Waals surface area contributed by atoms with Crippen molar-refractivity contribution in [3.63, 3.8) is 0 Å². The van der Waals surface area contributed by atoms with Crippen molar-refractivity contribution in [3.05, 3.63) is 23.9 Å². The number of hydrogen-bond donors (Lipinski definition) is 1. The van der Waals surface area contributed by atoms with Crippen molar-refractivity contribution in [2.45, 2.75) is 26.8 Å². The summed E-state index contributed by atoms with van der Waals surface area (Å²) in [6.07, 6.45) is 2.78. The molecule has 0 amide bonds. The van der Waals surface area contributed by atoms with Crippen LogP contribution in [-0.4, -0.2) is 36.6 Å². The summed E-state index contributed by atoms with van der Waals surface area (Å²) >= 11 is 0. The molecule has 1 heterocycles. The average molecular weight is 251 g/mol. The van der Waals surface area contributed by atoms with Gasteiger partial charge in [-0.2, -0.15) is 0 Å². The second kappa shape index (κ2) is 8.06. The first-order chi connectivity index (χ1) is 8.67. The standard InChI is InChI=1S/C14H25N3O/c1-12(2)10-17(9-5-7-15)11-13-6-4-8-16-14(13)18-3/h4,6,8,12H,5,7,9-11,15H2,1-3H3. The Morgan fingerprint density at radius 2 is 2.22 bits per heavy atom. The van der Waals surface area contributed by atoms with Crippen LogP contribution in [0.15, 0.2) is 18.3 Å². The Balaban J connectivity index is 2.68. The fourth-order valence-corrected chi connectivity index (χ4v) is 2.04. The van der Waals surface area contributed by atoms with Crippen molar-refractivity contribution < 1.29 is 4.74 Å². The Kier molecular flexibility index (Phi) is 6.68. The molecule has 0 spiro atoms. The summed E-state index contributed by atoms with van der Waals surface area (Å²) in [7, 11) is 1.67. The molecule has 2 N–H and O–H groups in total. The van der Waals surface area contributed by atoms with Crippen LogP contribution < -0.4 is 10.5 Å². The Hall–Kier alpha value is -1.13. The number of pyridine rings is 1. The Bertz CT molecular complexity index is 342. The Labute approximate surface area is 110 Å². The molecule has 0 saturated heterocycles. The SMILES string of the molecule is COc1ncccc1CN(CCCN)CC(C)C. The lowest BCUT2D eigenvalue weighted by Crippen LogP contribution is -2.29. The van der Waals surface area contributed by atoms with Crippen LogP contribution in [0.25, 0.3) is 0 Å². The predicted molar refractivity (Wildman–Crippen MR) is 74.6 cm³/mol. The van der Waals surface area contributed by atoms with E-state index in [0.29, 0.717) is 5.92 Å². The zero-order valence-corrected chi connectivity index (χ0v) is 11.7. The van der Waals surface area contributed by atoms with E-state index in [9.17, 15) is 0 Å². The first-order valence-corrected chi connectivity index (χ1v) is 6.57. The quantitative estimate of drug-likeness (QED) is 0.766. The highest BCUT2D eigenvalue weighted by Crippen LogP contribution is 2.16. The Morgan fingerprint density at radius 3 is 2.83 bits per heavy atom. The minimum absolute atomic E-state index is 0.644. The van der Waals surface area contributed by atoms with E-state index in [0.717, 1.165) is 44.0 Å². The summed E-state index contributed by atoms with van der Waals surface area (Å²) < 4.78 is 5.29. The number of ether oxygens (including phenoxy) is 1. The van der Waals surface area contributed by atoms with Gasteiger partial charge < -0.3 is 10.5 Å². The third-order valence-electron chi connectivity index (χ3n) is 2.74. The minimum Gasteiger partial charge on any atom is -0.481 e. The zero-order chi connectivity index (χ0) is 13.4. The van der Waals surface area contributed by atoms with Gasteiger partial charge in [0.25, 0.3) is 0 Å². The third kappa shape index (κ3) is 5.02. The molecule has 0 fully saturated rings. The summed E-state index contributed by atoms with van der Waals surface area (Å²) in [6.45, 7) is 8.16. The molecule has 0 radical (unpaired) electrons. The van der Waals surface area contributed by atoms with Crippen molar-refractivity contribution in [1.82, 2.24) is 9.88 Å². The zero-order valence-electron chi connectivity index (χ0n) is 11.7. The van der Waals surface area contributed by atoms with Gasteiger partial charge in [-0.15, -0.1) is 0 Å². The van der Waals surface area contributed by atoms with Gasteiger partial charge in [-0.25, -0.2) is 4.98 Å². The van der Waals surface area contributed by atoms with E-state index in [4.69, 9.17) is 10.5 Å². The molecule has 0 unspecified atom stereocenters. The lowest BCUT2D eigenvalue weighted by molar-refractivity contribution is 0.230. The smallest absolute Gasteiger partial charge is 0.217 e. The van der Waals surface area contributed by atoms with Crippen LogP contribution in [0.1, 0.15) is 25.8 Å². The van der Waals surface area contributed by atoms with Crippen LogP contribution in [0.3, 0.4) is 0 Å². The Morgan fingerprint density at radius 1 is 1.44 bits per heavy atom. The third-order valence-corrected chi connectivity index (χ3v) is 2.74. The average Bonchev–Trinajstić information content (AvgIpc) is 2.36. The summed E-state index contributed by atoms with van der Waals surface area (Å²) in [6, 6.07) is 4.02. The highest BCUT2D eigenvalue weighted by Gasteiger charge is 2.11. The first-order valence-electron chi connectivity index (χ1n) is 6.57. The lowest BCUT2D eigenvalue weighted by atomic mass is 10.1. The predicted octanol–water partition coefficient (Wildman–Crippen LogP) is 1.90. The van der Waals surface area contributed by atoms with Gasteiger partial charge in [-0.1, -0.05) is 19.9 Å². The summed E-state index contributed by atoms with van der Waals surface area (Å²) in [5.41, 5.74) is 6.73. The molecule has 1 aromatic rings. The highest BCUT2D eigenvalue weighted by atomic mass is 16.5. The van der Waals surface area contributed by atoms with E-state index in [1.807, 2.05) is 6.07 Å². The molecule has 0 saturated carbocycles. The molecular weight excluding hydrogens is 226 g/mol. The van der Waals surface area contributed by atoms with E-state index in [1.165, 1.54) is 0 Å². The van der Waals surface area contributed by atoms with Crippen molar-refractivity contribution in [2.24, 2.45) is 11.7 Å². The summed E-state index contributed by atoms with van der Waals surface area (Å²) in [4.78, 5) is 6.65. The number of hydrogen-bond acceptors (Lipinski definition) is 4.